The fraction of sp³-hybridized carbons (Fsp3) is 0.250. The fourth-order valence-corrected chi connectivity index (χ4v) is 4.55. The maximum absolute atomic E-state index is 13.4. The highest BCUT2D eigenvalue weighted by Gasteiger charge is 2.41. The molecule has 2 N–H and O–H groups in total. The molecule has 9 heteroatoms. The van der Waals surface area contributed by atoms with Crippen molar-refractivity contribution in [2.24, 2.45) is 5.73 Å². The maximum Gasteiger partial charge on any atom is 0.416 e. The number of anilines is 1. The fourth-order valence-electron chi connectivity index (χ4n) is 4.35. The predicted molar refractivity (Wildman–Crippen MR) is 117 cm³/mol. The van der Waals surface area contributed by atoms with Crippen LogP contribution in [0.5, 0.6) is 5.75 Å². The van der Waals surface area contributed by atoms with Crippen molar-refractivity contribution in [1.82, 2.24) is 0 Å². The molecule has 0 radical (unpaired) electrons. The topological polar surface area (TPSA) is 79.3 Å². The van der Waals surface area contributed by atoms with Gasteiger partial charge in [0.1, 0.15) is 11.6 Å². The van der Waals surface area contributed by atoms with Crippen LogP contribution in [0.3, 0.4) is 0 Å². The van der Waals surface area contributed by atoms with Crippen LogP contribution in [-0.2, 0) is 11.0 Å². The molecule has 0 amide bonds. The summed E-state index contributed by atoms with van der Waals surface area (Å²) in [7, 11) is 1.52. The Kier molecular flexibility index (Phi) is 5.85. The molecule has 2 aliphatic rings. The zero-order valence-electron chi connectivity index (χ0n) is 17.5. The lowest BCUT2D eigenvalue weighted by atomic mass is 9.75. The number of Topliss-reactive ketones (excluding diaryl/α,β-unsaturated/α-hetero) is 1. The van der Waals surface area contributed by atoms with Crippen molar-refractivity contribution in [3.05, 3.63) is 81.3 Å². The number of rotatable bonds is 3. The number of ketones is 1. The molecular formula is C24H19ClF3N3O2. The number of methoxy groups -OCH3 is 1. The van der Waals surface area contributed by atoms with E-state index in [-0.39, 0.29) is 34.3 Å². The molecule has 5 nitrogen and oxygen atoms in total. The van der Waals surface area contributed by atoms with Crippen molar-refractivity contribution >= 4 is 23.1 Å². The number of nitrogens with zero attached hydrogens (tertiary/aromatic N) is 2. The summed E-state index contributed by atoms with van der Waals surface area (Å²) in [6, 6.07) is 11.9. The second-order valence-electron chi connectivity index (χ2n) is 7.75. The average Bonchev–Trinajstić information content (AvgIpc) is 2.78. The van der Waals surface area contributed by atoms with Gasteiger partial charge in [0, 0.05) is 17.7 Å². The molecule has 1 atom stereocenters. The van der Waals surface area contributed by atoms with Crippen molar-refractivity contribution in [1.29, 1.82) is 5.26 Å². The highest BCUT2D eigenvalue weighted by molar-refractivity contribution is 6.33. The molecule has 2 aromatic carbocycles. The van der Waals surface area contributed by atoms with E-state index in [1.54, 1.807) is 24.3 Å². The van der Waals surface area contributed by atoms with E-state index in [0.717, 1.165) is 18.2 Å². The lowest BCUT2D eigenvalue weighted by molar-refractivity contribution is -0.137. The van der Waals surface area contributed by atoms with Gasteiger partial charge >= 0.3 is 6.18 Å². The molecule has 170 valence electrons. The van der Waals surface area contributed by atoms with E-state index in [0.29, 0.717) is 35.4 Å². The van der Waals surface area contributed by atoms with E-state index >= 15 is 0 Å². The van der Waals surface area contributed by atoms with Crippen LogP contribution in [0, 0.1) is 11.3 Å². The van der Waals surface area contributed by atoms with E-state index in [1.165, 1.54) is 12.0 Å². The standard InChI is InChI=1S/C24H19ClF3N3O2/c1-33-15-8-5-13(6-9-15)21-16(12-29)23(30)31(18-3-2-4-20(32)22(18)21)19-11-14(24(26,27)28)7-10-17(19)25/h5-11,21H,2-4,30H2,1H3/t21-/m0/s1. The van der Waals surface area contributed by atoms with E-state index in [9.17, 15) is 23.2 Å². The third-order valence-corrected chi connectivity index (χ3v) is 6.20. The van der Waals surface area contributed by atoms with Gasteiger partial charge in [0.2, 0.25) is 0 Å². The van der Waals surface area contributed by atoms with Crippen LogP contribution in [0.1, 0.15) is 36.3 Å². The Bertz CT molecular complexity index is 1230. The monoisotopic (exact) mass is 473 g/mol. The van der Waals surface area contributed by atoms with Gasteiger partial charge in [0.05, 0.1) is 40.9 Å². The number of allylic oxidation sites excluding steroid dienone is 3. The van der Waals surface area contributed by atoms with Crippen LogP contribution in [0.15, 0.2) is 65.1 Å². The normalized spacial score (nSPS) is 18.8. The minimum Gasteiger partial charge on any atom is -0.497 e. The molecule has 1 aliphatic carbocycles. The number of carbonyl (C=O) groups excluding carboxylic acids is 1. The second-order valence-corrected chi connectivity index (χ2v) is 8.16. The summed E-state index contributed by atoms with van der Waals surface area (Å²) in [5.41, 5.74) is 7.02. The number of benzene rings is 2. The molecular weight excluding hydrogens is 455 g/mol. The maximum atomic E-state index is 13.4. The number of ether oxygens (including phenoxy) is 1. The quantitative estimate of drug-likeness (QED) is 0.621. The lowest BCUT2D eigenvalue weighted by Gasteiger charge is -2.40. The molecule has 0 saturated carbocycles. The molecule has 2 aromatic rings. The Morgan fingerprint density at radius 3 is 2.48 bits per heavy atom. The van der Waals surface area contributed by atoms with Gasteiger partial charge in [-0.2, -0.15) is 18.4 Å². The van der Waals surface area contributed by atoms with Crippen LogP contribution >= 0.6 is 11.6 Å². The van der Waals surface area contributed by atoms with E-state index < -0.39 is 17.7 Å². The Hall–Kier alpha value is -3.44. The number of hydrogen-bond donors (Lipinski definition) is 1. The third-order valence-electron chi connectivity index (χ3n) is 5.88. The largest absolute Gasteiger partial charge is 0.497 e. The summed E-state index contributed by atoms with van der Waals surface area (Å²) in [5.74, 6) is -0.352. The van der Waals surface area contributed by atoms with Crippen LogP contribution in [0.25, 0.3) is 0 Å². The number of hydrogen-bond acceptors (Lipinski definition) is 5. The summed E-state index contributed by atoms with van der Waals surface area (Å²) in [6.45, 7) is 0. The Morgan fingerprint density at radius 1 is 1.18 bits per heavy atom. The van der Waals surface area contributed by atoms with Crippen LogP contribution in [0.2, 0.25) is 5.02 Å². The summed E-state index contributed by atoms with van der Waals surface area (Å²) >= 11 is 6.30. The lowest BCUT2D eigenvalue weighted by Crippen LogP contribution is -2.39. The molecule has 1 heterocycles. The first-order valence-corrected chi connectivity index (χ1v) is 10.5. The van der Waals surface area contributed by atoms with Crippen molar-refractivity contribution in [3.8, 4) is 11.8 Å². The first-order valence-electron chi connectivity index (χ1n) is 10.1. The molecule has 0 spiro atoms. The van der Waals surface area contributed by atoms with Crippen LogP contribution in [0.4, 0.5) is 18.9 Å². The number of nitrogens with two attached hydrogens (primary N) is 1. The average molecular weight is 474 g/mol. The predicted octanol–water partition coefficient (Wildman–Crippen LogP) is 5.67. The molecule has 0 bridgehead atoms. The molecule has 0 saturated heterocycles. The highest BCUT2D eigenvalue weighted by atomic mass is 35.5. The van der Waals surface area contributed by atoms with Gasteiger partial charge in [-0.1, -0.05) is 23.7 Å². The van der Waals surface area contributed by atoms with Gasteiger partial charge in [-0.05, 0) is 48.7 Å². The molecule has 4 rings (SSSR count). The summed E-state index contributed by atoms with van der Waals surface area (Å²) in [5, 5.41) is 10.0. The van der Waals surface area contributed by atoms with Gasteiger partial charge in [0.15, 0.2) is 5.78 Å². The van der Waals surface area contributed by atoms with Crippen molar-refractivity contribution in [2.75, 3.05) is 12.0 Å². The molecule has 0 aromatic heterocycles. The van der Waals surface area contributed by atoms with Gasteiger partial charge in [-0.3, -0.25) is 9.69 Å². The van der Waals surface area contributed by atoms with E-state index in [4.69, 9.17) is 22.1 Å². The third kappa shape index (κ3) is 3.93. The summed E-state index contributed by atoms with van der Waals surface area (Å²) in [6.07, 6.45) is -3.42. The first-order chi connectivity index (χ1) is 15.7. The van der Waals surface area contributed by atoms with Gasteiger partial charge in [-0.25, -0.2) is 0 Å². The minimum atomic E-state index is -4.60. The van der Waals surface area contributed by atoms with Gasteiger partial charge < -0.3 is 10.5 Å². The molecule has 1 aliphatic heterocycles. The Labute approximate surface area is 193 Å². The first kappa shape index (κ1) is 22.7. The minimum absolute atomic E-state index is 0.0212. The number of alkyl halides is 3. The van der Waals surface area contributed by atoms with E-state index in [2.05, 4.69) is 6.07 Å². The molecule has 0 unspecified atom stereocenters. The molecule has 0 fully saturated rings. The smallest absolute Gasteiger partial charge is 0.416 e. The zero-order valence-corrected chi connectivity index (χ0v) is 18.3. The summed E-state index contributed by atoms with van der Waals surface area (Å²) in [4.78, 5) is 14.4. The number of halogens is 4. The SMILES string of the molecule is COc1ccc([C@H]2C(C#N)=C(N)N(c3cc(C(F)(F)F)ccc3Cl)C3=C2C(=O)CCC3)cc1. The highest BCUT2D eigenvalue weighted by Crippen LogP contribution is 2.48. The van der Waals surface area contributed by atoms with Crippen LogP contribution in [-0.4, -0.2) is 12.9 Å². The molecule has 33 heavy (non-hydrogen) atoms. The zero-order chi connectivity index (χ0) is 23.9. The van der Waals surface area contributed by atoms with Crippen molar-refractivity contribution in [3.63, 3.8) is 0 Å². The van der Waals surface area contributed by atoms with Gasteiger partial charge in [-0.15, -0.1) is 0 Å². The Morgan fingerprint density at radius 2 is 1.88 bits per heavy atom. The number of carbonyl (C=O) groups is 1. The Balaban J connectivity index is 1.96. The second kappa shape index (κ2) is 8.49. The van der Waals surface area contributed by atoms with Gasteiger partial charge in [0.25, 0.3) is 0 Å². The summed E-state index contributed by atoms with van der Waals surface area (Å²) < 4.78 is 45.4. The van der Waals surface area contributed by atoms with Crippen LogP contribution < -0.4 is 15.4 Å². The van der Waals surface area contributed by atoms with E-state index in [1.807, 2.05) is 0 Å². The number of nitriles is 1. The van der Waals surface area contributed by atoms with Crippen molar-refractivity contribution in [2.45, 2.75) is 31.4 Å². The van der Waals surface area contributed by atoms with Crippen molar-refractivity contribution < 1.29 is 22.7 Å².